The van der Waals surface area contributed by atoms with Gasteiger partial charge in [0.15, 0.2) is 0 Å². The number of alkyl halides is 3. The van der Waals surface area contributed by atoms with Gasteiger partial charge in [-0.1, -0.05) is 18.5 Å². The molecule has 1 amide bonds. The average Bonchev–Trinajstić information content (AvgIpc) is 2.98. The van der Waals surface area contributed by atoms with Crippen LogP contribution in [0.4, 0.5) is 18.9 Å². The van der Waals surface area contributed by atoms with Crippen molar-refractivity contribution in [1.29, 1.82) is 0 Å². The molecule has 1 aliphatic rings. The van der Waals surface area contributed by atoms with Crippen LogP contribution in [0.3, 0.4) is 0 Å². The normalized spacial score (nSPS) is 19.2. The van der Waals surface area contributed by atoms with Crippen molar-refractivity contribution in [3.8, 4) is 0 Å². The highest BCUT2D eigenvalue weighted by Gasteiger charge is 2.38. The van der Waals surface area contributed by atoms with Crippen LogP contribution in [0.15, 0.2) is 18.2 Å². The lowest BCUT2D eigenvalue weighted by atomic mass is 10.1. The summed E-state index contributed by atoms with van der Waals surface area (Å²) in [6.07, 6.45) is -3.38. The van der Waals surface area contributed by atoms with Gasteiger partial charge in [-0.25, -0.2) is 8.42 Å². The highest BCUT2D eigenvalue weighted by Crippen LogP contribution is 2.36. The van der Waals surface area contributed by atoms with E-state index in [0.717, 1.165) is 16.4 Å². The lowest BCUT2D eigenvalue weighted by molar-refractivity contribution is -0.137. The predicted molar refractivity (Wildman–Crippen MR) is 88.9 cm³/mol. The molecule has 0 saturated carbocycles. The zero-order chi connectivity index (χ0) is 18.8. The molecule has 1 fully saturated rings. The number of sulfonamides is 1. The third-order valence-corrected chi connectivity index (χ3v) is 6.27. The van der Waals surface area contributed by atoms with Gasteiger partial charge in [-0.15, -0.1) is 0 Å². The summed E-state index contributed by atoms with van der Waals surface area (Å²) in [7, 11) is -3.56. The molecule has 10 heteroatoms. The van der Waals surface area contributed by atoms with E-state index in [0.29, 0.717) is 19.3 Å². The summed E-state index contributed by atoms with van der Waals surface area (Å²) in [5, 5.41) is 1.89. The van der Waals surface area contributed by atoms with Crippen molar-refractivity contribution < 1.29 is 26.4 Å². The average molecular weight is 399 g/mol. The molecule has 140 valence electrons. The first-order valence-corrected chi connectivity index (χ1v) is 9.72. The van der Waals surface area contributed by atoms with Gasteiger partial charge >= 0.3 is 6.18 Å². The highest BCUT2D eigenvalue weighted by molar-refractivity contribution is 7.89. The van der Waals surface area contributed by atoms with Crippen molar-refractivity contribution in [2.24, 2.45) is 0 Å². The molecule has 1 aliphatic heterocycles. The van der Waals surface area contributed by atoms with Gasteiger partial charge < -0.3 is 5.32 Å². The van der Waals surface area contributed by atoms with E-state index in [2.05, 4.69) is 5.32 Å². The van der Waals surface area contributed by atoms with E-state index in [1.165, 1.54) is 6.07 Å². The van der Waals surface area contributed by atoms with E-state index in [-0.39, 0.29) is 18.0 Å². The van der Waals surface area contributed by atoms with Crippen molar-refractivity contribution in [2.75, 3.05) is 17.6 Å². The number of amides is 1. The van der Waals surface area contributed by atoms with Crippen LogP contribution in [-0.2, 0) is 21.0 Å². The second-order valence-corrected chi connectivity index (χ2v) is 8.21. The quantitative estimate of drug-likeness (QED) is 0.825. The number of anilines is 1. The summed E-state index contributed by atoms with van der Waals surface area (Å²) < 4.78 is 64.2. The topological polar surface area (TPSA) is 66.5 Å². The third-order valence-electron chi connectivity index (χ3n) is 3.87. The Kier molecular flexibility index (Phi) is 6.01. The third kappa shape index (κ3) is 4.65. The van der Waals surface area contributed by atoms with Crippen LogP contribution in [0.2, 0.25) is 5.02 Å². The van der Waals surface area contributed by atoms with Crippen LogP contribution in [0.1, 0.15) is 31.7 Å². The number of hydrogen-bond donors (Lipinski definition) is 1. The fourth-order valence-electron chi connectivity index (χ4n) is 2.76. The number of rotatable bonds is 5. The van der Waals surface area contributed by atoms with Crippen LogP contribution in [-0.4, -0.2) is 37.0 Å². The Bertz CT molecular complexity index is 753. The second kappa shape index (κ2) is 7.51. The smallest absolute Gasteiger partial charge is 0.325 e. The molecule has 1 aromatic rings. The minimum atomic E-state index is -4.65. The number of carbonyl (C=O) groups excluding carboxylic acids is 1. The van der Waals surface area contributed by atoms with Gasteiger partial charge in [0.05, 0.1) is 16.3 Å². The van der Waals surface area contributed by atoms with Crippen LogP contribution in [0.25, 0.3) is 0 Å². The minimum absolute atomic E-state index is 0.0735. The molecule has 1 saturated heterocycles. The van der Waals surface area contributed by atoms with Gasteiger partial charge in [0.25, 0.3) is 0 Å². The monoisotopic (exact) mass is 398 g/mol. The maximum Gasteiger partial charge on any atom is 0.417 e. The fourth-order valence-corrected chi connectivity index (χ4v) is 4.73. The minimum Gasteiger partial charge on any atom is -0.325 e. The lowest BCUT2D eigenvalue weighted by Gasteiger charge is -2.23. The summed E-state index contributed by atoms with van der Waals surface area (Å²) >= 11 is 5.54. The Balaban J connectivity index is 2.19. The Hall–Kier alpha value is -1.32. The molecular formula is C15H18ClF3N2O3S. The van der Waals surface area contributed by atoms with Gasteiger partial charge in [0.1, 0.15) is 6.04 Å². The predicted octanol–water partition coefficient (Wildman–Crippen LogP) is 3.50. The molecule has 2 rings (SSSR count). The number of halogens is 4. The van der Waals surface area contributed by atoms with Crippen molar-refractivity contribution in [3.05, 3.63) is 28.8 Å². The Morgan fingerprint density at radius 3 is 2.68 bits per heavy atom. The first kappa shape index (κ1) is 20.0. The molecule has 0 aromatic heterocycles. The zero-order valence-electron chi connectivity index (χ0n) is 13.4. The van der Waals surface area contributed by atoms with Crippen LogP contribution in [0, 0.1) is 0 Å². The maximum atomic E-state index is 12.9. The SMILES string of the molecule is CCCS(=O)(=O)N1CCCC1C(=O)Nc1ccc(Cl)c(C(F)(F)F)c1. The molecule has 0 radical (unpaired) electrons. The molecule has 0 aliphatic carbocycles. The van der Waals surface area contributed by atoms with E-state index in [1.807, 2.05) is 0 Å². The number of benzene rings is 1. The Labute approximate surface area is 149 Å². The zero-order valence-corrected chi connectivity index (χ0v) is 15.0. The number of carbonyl (C=O) groups is 1. The van der Waals surface area contributed by atoms with Crippen molar-refractivity contribution in [1.82, 2.24) is 4.31 Å². The molecule has 0 bridgehead atoms. The highest BCUT2D eigenvalue weighted by atomic mass is 35.5. The standard InChI is InChI=1S/C15H18ClF3N2O3S/c1-2-8-25(23,24)21-7-3-4-13(21)14(22)20-10-5-6-12(16)11(9-10)15(17,18)19/h5-6,9,13H,2-4,7-8H2,1H3,(H,20,22). The number of hydrogen-bond acceptors (Lipinski definition) is 3. The summed E-state index contributed by atoms with van der Waals surface area (Å²) in [4.78, 5) is 12.4. The van der Waals surface area contributed by atoms with Crippen LogP contribution >= 0.6 is 11.6 Å². The van der Waals surface area contributed by atoms with Gasteiger partial charge in [0.2, 0.25) is 15.9 Å². The molecular weight excluding hydrogens is 381 g/mol. The fraction of sp³-hybridized carbons (Fsp3) is 0.533. The molecule has 1 unspecified atom stereocenters. The molecule has 5 nitrogen and oxygen atoms in total. The first-order valence-electron chi connectivity index (χ1n) is 7.73. The summed E-state index contributed by atoms with van der Waals surface area (Å²) in [6, 6.07) is 2.11. The summed E-state index contributed by atoms with van der Waals surface area (Å²) in [5.41, 5.74) is -1.14. The summed E-state index contributed by atoms with van der Waals surface area (Å²) in [6.45, 7) is 1.95. The number of nitrogens with zero attached hydrogens (tertiary/aromatic N) is 1. The van der Waals surface area contributed by atoms with Gasteiger partial charge in [0, 0.05) is 12.2 Å². The van der Waals surface area contributed by atoms with E-state index >= 15 is 0 Å². The Morgan fingerprint density at radius 2 is 2.08 bits per heavy atom. The van der Waals surface area contributed by atoms with E-state index < -0.39 is 38.7 Å². The van der Waals surface area contributed by atoms with Crippen molar-refractivity contribution in [3.63, 3.8) is 0 Å². The largest absolute Gasteiger partial charge is 0.417 e. The van der Waals surface area contributed by atoms with Crippen LogP contribution in [0.5, 0.6) is 0 Å². The second-order valence-electron chi connectivity index (χ2n) is 5.77. The molecule has 1 atom stereocenters. The van der Waals surface area contributed by atoms with Gasteiger partial charge in [-0.3, -0.25) is 4.79 Å². The molecule has 1 aromatic carbocycles. The summed E-state index contributed by atoms with van der Waals surface area (Å²) in [5.74, 6) is -0.719. The van der Waals surface area contributed by atoms with E-state index in [4.69, 9.17) is 11.6 Å². The van der Waals surface area contributed by atoms with E-state index in [1.54, 1.807) is 6.92 Å². The van der Waals surface area contributed by atoms with E-state index in [9.17, 15) is 26.4 Å². The van der Waals surface area contributed by atoms with Gasteiger partial charge in [-0.2, -0.15) is 17.5 Å². The molecule has 1 N–H and O–H groups in total. The van der Waals surface area contributed by atoms with Crippen molar-refractivity contribution in [2.45, 2.75) is 38.4 Å². The lowest BCUT2D eigenvalue weighted by Crippen LogP contribution is -2.44. The Morgan fingerprint density at radius 1 is 1.40 bits per heavy atom. The number of nitrogens with one attached hydrogen (secondary N) is 1. The molecule has 1 heterocycles. The van der Waals surface area contributed by atoms with Crippen molar-refractivity contribution >= 4 is 33.2 Å². The maximum absolute atomic E-state index is 12.9. The molecule has 25 heavy (non-hydrogen) atoms. The molecule has 0 spiro atoms. The van der Waals surface area contributed by atoms with Gasteiger partial charge in [-0.05, 0) is 37.5 Å². The van der Waals surface area contributed by atoms with Crippen LogP contribution < -0.4 is 5.32 Å². The first-order chi connectivity index (χ1) is 11.6.